The first kappa shape index (κ1) is 15.5. The second-order valence-electron chi connectivity index (χ2n) is 6.09. The number of rotatable bonds is 3. The summed E-state index contributed by atoms with van der Waals surface area (Å²) in [6.45, 7) is 5.23. The van der Waals surface area contributed by atoms with Crippen molar-refractivity contribution in [3.8, 4) is 0 Å². The zero-order valence-corrected chi connectivity index (χ0v) is 13.2. The van der Waals surface area contributed by atoms with Crippen molar-refractivity contribution < 1.29 is 18.7 Å². The van der Waals surface area contributed by atoms with Crippen molar-refractivity contribution in [1.82, 2.24) is 14.8 Å². The van der Waals surface area contributed by atoms with E-state index in [1.165, 1.54) is 13.4 Å². The summed E-state index contributed by atoms with van der Waals surface area (Å²) in [6, 6.07) is 0. The molecule has 0 unspecified atom stereocenters. The van der Waals surface area contributed by atoms with Crippen molar-refractivity contribution in [3.05, 3.63) is 17.8 Å². The number of piperazine rings is 1. The fourth-order valence-electron chi connectivity index (χ4n) is 3.34. The third kappa shape index (κ3) is 3.02. The summed E-state index contributed by atoms with van der Waals surface area (Å²) in [5.74, 6) is 0.0986. The van der Waals surface area contributed by atoms with Crippen LogP contribution in [-0.4, -0.2) is 73.3 Å². The lowest BCUT2D eigenvalue weighted by molar-refractivity contribution is -0.0638. The van der Waals surface area contributed by atoms with E-state index < -0.39 is 5.97 Å². The lowest BCUT2D eigenvalue weighted by Crippen LogP contribution is -2.62. The van der Waals surface area contributed by atoms with E-state index in [-0.39, 0.29) is 11.2 Å². The predicted octanol–water partition coefficient (Wildman–Crippen LogP) is 0.758. The van der Waals surface area contributed by atoms with Gasteiger partial charge in [0.15, 0.2) is 5.69 Å². The molecule has 1 aromatic rings. The fourth-order valence-corrected chi connectivity index (χ4v) is 3.34. The van der Waals surface area contributed by atoms with Crippen LogP contribution in [0.3, 0.4) is 0 Å². The maximum atomic E-state index is 11.4. The molecule has 0 aromatic carbocycles. The molecule has 0 radical (unpaired) electrons. The van der Waals surface area contributed by atoms with Crippen LogP contribution in [0.5, 0.6) is 0 Å². The standard InChI is InChI=1S/C15H23N3O4/c1-17-5-6-18(11-15(17)3-7-21-8-4-15)9-13-16-12(10-22-13)14(19)20-2/h10H,3-9,11H2,1-2H3. The van der Waals surface area contributed by atoms with Crippen molar-refractivity contribution in [1.29, 1.82) is 0 Å². The second-order valence-corrected chi connectivity index (χ2v) is 6.09. The van der Waals surface area contributed by atoms with Crippen LogP contribution in [-0.2, 0) is 16.0 Å². The number of ether oxygens (including phenoxy) is 2. The van der Waals surface area contributed by atoms with Crippen molar-refractivity contribution in [2.24, 2.45) is 0 Å². The van der Waals surface area contributed by atoms with Gasteiger partial charge in [-0.05, 0) is 19.9 Å². The lowest BCUT2D eigenvalue weighted by Gasteiger charge is -2.51. The van der Waals surface area contributed by atoms with Gasteiger partial charge in [-0.3, -0.25) is 9.80 Å². The number of hydrogen-bond acceptors (Lipinski definition) is 7. The highest BCUT2D eigenvalue weighted by Crippen LogP contribution is 2.31. The summed E-state index contributed by atoms with van der Waals surface area (Å²) in [7, 11) is 3.54. The van der Waals surface area contributed by atoms with Gasteiger partial charge in [0.05, 0.1) is 13.7 Å². The summed E-state index contributed by atoms with van der Waals surface area (Å²) in [5.41, 5.74) is 0.418. The number of aromatic nitrogens is 1. The topological polar surface area (TPSA) is 68.0 Å². The molecule has 0 N–H and O–H groups in total. The molecule has 22 heavy (non-hydrogen) atoms. The number of esters is 1. The number of carbonyl (C=O) groups is 1. The van der Waals surface area contributed by atoms with E-state index in [9.17, 15) is 4.79 Å². The number of carbonyl (C=O) groups excluding carboxylic acids is 1. The molecule has 7 heteroatoms. The Balaban J connectivity index is 1.65. The largest absolute Gasteiger partial charge is 0.464 e. The Bertz CT molecular complexity index is 525. The zero-order valence-electron chi connectivity index (χ0n) is 13.2. The Morgan fingerprint density at radius 1 is 1.41 bits per heavy atom. The van der Waals surface area contributed by atoms with Gasteiger partial charge >= 0.3 is 5.97 Å². The third-order valence-electron chi connectivity index (χ3n) is 4.81. The van der Waals surface area contributed by atoms with Gasteiger partial charge in [0.25, 0.3) is 0 Å². The average molecular weight is 309 g/mol. The van der Waals surface area contributed by atoms with E-state index in [0.717, 1.165) is 45.7 Å². The van der Waals surface area contributed by atoms with E-state index >= 15 is 0 Å². The highest BCUT2D eigenvalue weighted by molar-refractivity contribution is 5.86. The van der Waals surface area contributed by atoms with Crippen LogP contribution in [0.2, 0.25) is 0 Å². The first-order chi connectivity index (χ1) is 10.6. The monoisotopic (exact) mass is 309 g/mol. The molecule has 3 heterocycles. The van der Waals surface area contributed by atoms with E-state index in [2.05, 4.69) is 26.6 Å². The van der Waals surface area contributed by atoms with Gasteiger partial charge in [0, 0.05) is 38.4 Å². The molecule has 0 bridgehead atoms. The molecule has 0 saturated carbocycles. The van der Waals surface area contributed by atoms with Gasteiger partial charge < -0.3 is 13.9 Å². The number of nitrogens with zero attached hydrogens (tertiary/aromatic N) is 3. The van der Waals surface area contributed by atoms with Crippen molar-refractivity contribution in [2.75, 3.05) is 47.0 Å². The molecular weight excluding hydrogens is 286 g/mol. The Morgan fingerprint density at radius 3 is 2.91 bits per heavy atom. The minimum Gasteiger partial charge on any atom is -0.464 e. The van der Waals surface area contributed by atoms with Crippen molar-refractivity contribution in [3.63, 3.8) is 0 Å². The van der Waals surface area contributed by atoms with E-state index in [4.69, 9.17) is 9.15 Å². The minimum atomic E-state index is -0.464. The maximum absolute atomic E-state index is 11.4. The Kier molecular flexibility index (Phi) is 4.46. The van der Waals surface area contributed by atoms with Crippen LogP contribution in [0.25, 0.3) is 0 Å². The number of likely N-dealkylation sites (N-methyl/N-ethyl adjacent to an activating group) is 1. The van der Waals surface area contributed by atoms with Crippen LogP contribution in [0.1, 0.15) is 29.2 Å². The fraction of sp³-hybridized carbons (Fsp3) is 0.733. The average Bonchev–Trinajstić information content (AvgIpc) is 3.00. The molecule has 2 fully saturated rings. The minimum absolute atomic E-state index is 0.189. The highest BCUT2D eigenvalue weighted by atomic mass is 16.5. The van der Waals surface area contributed by atoms with Crippen LogP contribution in [0.15, 0.2) is 10.7 Å². The Morgan fingerprint density at radius 2 is 2.18 bits per heavy atom. The number of methoxy groups -OCH3 is 1. The van der Waals surface area contributed by atoms with Crippen molar-refractivity contribution in [2.45, 2.75) is 24.9 Å². The smallest absolute Gasteiger partial charge is 0.360 e. The van der Waals surface area contributed by atoms with Crippen molar-refractivity contribution >= 4 is 5.97 Å². The van der Waals surface area contributed by atoms with Crippen LogP contribution < -0.4 is 0 Å². The van der Waals surface area contributed by atoms with Crippen LogP contribution in [0.4, 0.5) is 0 Å². The molecule has 2 aliphatic heterocycles. The summed E-state index contributed by atoms with van der Waals surface area (Å²) in [4.78, 5) is 20.4. The molecule has 2 saturated heterocycles. The van der Waals surface area contributed by atoms with E-state index in [1.54, 1.807) is 0 Å². The summed E-state index contributed by atoms with van der Waals surface area (Å²) in [5, 5.41) is 0. The molecular formula is C15H23N3O4. The quantitative estimate of drug-likeness (QED) is 0.763. The normalized spacial score (nSPS) is 22.8. The lowest BCUT2D eigenvalue weighted by atomic mass is 9.86. The van der Waals surface area contributed by atoms with Gasteiger partial charge in [0.1, 0.15) is 6.26 Å². The summed E-state index contributed by atoms with van der Waals surface area (Å²) < 4.78 is 15.6. The Hall–Kier alpha value is -1.44. The summed E-state index contributed by atoms with van der Waals surface area (Å²) in [6.07, 6.45) is 3.47. The van der Waals surface area contributed by atoms with Crippen LogP contribution in [0, 0.1) is 0 Å². The van der Waals surface area contributed by atoms with Gasteiger partial charge in [-0.25, -0.2) is 9.78 Å². The molecule has 3 rings (SSSR count). The van der Waals surface area contributed by atoms with Gasteiger partial charge in [-0.1, -0.05) is 0 Å². The Labute approximate surface area is 130 Å². The van der Waals surface area contributed by atoms with Gasteiger partial charge in [0.2, 0.25) is 5.89 Å². The highest BCUT2D eigenvalue weighted by Gasteiger charge is 2.41. The number of hydrogen-bond donors (Lipinski definition) is 0. The first-order valence-electron chi connectivity index (χ1n) is 7.67. The molecule has 7 nitrogen and oxygen atoms in total. The molecule has 0 aliphatic carbocycles. The molecule has 1 aromatic heterocycles. The first-order valence-corrected chi connectivity index (χ1v) is 7.67. The van der Waals surface area contributed by atoms with E-state index in [1.807, 2.05) is 0 Å². The molecule has 0 amide bonds. The predicted molar refractivity (Wildman–Crippen MR) is 78.5 cm³/mol. The molecule has 1 spiro atoms. The molecule has 2 aliphatic rings. The van der Waals surface area contributed by atoms with Crippen LogP contribution >= 0.6 is 0 Å². The summed E-state index contributed by atoms with van der Waals surface area (Å²) >= 11 is 0. The number of oxazole rings is 1. The van der Waals surface area contributed by atoms with E-state index in [0.29, 0.717) is 12.4 Å². The molecule has 122 valence electrons. The zero-order chi connectivity index (χ0) is 15.6. The second kappa shape index (κ2) is 6.36. The van der Waals surface area contributed by atoms with Gasteiger partial charge in [-0.2, -0.15) is 0 Å². The SMILES string of the molecule is COC(=O)c1coc(CN2CCN(C)C3(CCOCC3)C2)n1. The third-order valence-corrected chi connectivity index (χ3v) is 4.81. The maximum Gasteiger partial charge on any atom is 0.360 e. The molecule has 0 atom stereocenters. The van der Waals surface area contributed by atoms with Gasteiger partial charge in [-0.15, -0.1) is 0 Å².